The molecular formula is C25H25N3O4S. The third-order valence-electron chi connectivity index (χ3n) is 4.88. The van der Waals surface area contributed by atoms with E-state index >= 15 is 0 Å². The zero-order valence-electron chi connectivity index (χ0n) is 18.3. The lowest BCUT2D eigenvalue weighted by atomic mass is 10.1. The van der Waals surface area contributed by atoms with E-state index in [-0.39, 0.29) is 29.8 Å². The van der Waals surface area contributed by atoms with Crippen LogP contribution >= 0.6 is 0 Å². The van der Waals surface area contributed by atoms with Gasteiger partial charge in [0.25, 0.3) is 15.9 Å². The van der Waals surface area contributed by atoms with Gasteiger partial charge in [0.1, 0.15) is 19.0 Å². The maximum atomic E-state index is 13.0. The number of sulfonamides is 1. The van der Waals surface area contributed by atoms with E-state index in [0.717, 1.165) is 24.2 Å². The highest BCUT2D eigenvalue weighted by Crippen LogP contribution is 2.26. The molecule has 0 saturated carbocycles. The van der Waals surface area contributed by atoms with Gasteiger partial charge in [-0.2, -0.15) is 0 Å². The molecule has 0 spiro atoms. The van der Waals surface area contributed by atoms with Crippen LogP contribution in [0, 0.1) is 0 Å². The van der Waals surface area contributed by atoms with Gasteiger partial charge in [0.05, 0.1) is 15.9 Å². The summed E-state index contributed by atoms with van der Waals surface area (Å²) >= 11 is 0. The molecule has 0 unspecified atom stereocenters. The second-order valence-electron chi connectivity index (χ2n) is 7.38. The Balaban J connectivity index is 1.54. The van der Waals surface area contributed by atoms with Crippen LogP contribution in [0.3, 0.4) is 0 Å². The molecule has 33 heavy (non-hydrogen) atoms. The van der Waals surface area contributed by atoms with Crippen LogP contribution in [0.15, 0.2) is 83.8 Å². The minimum absolute atomic E-state index is 0.0334. The van der Waals surface area contributed by atoms with Crippen LogP contribution in [0.1, 0.15) is 18.9 Å². The summed E-state index contributed by atoms with van der Waals surface area (Å²) in [5, 5.41) is 0. The van der Waals surface area contributed by atoms with Crippen molar-refractivity contribution in [3.8, 4) is 11.6 Å². The molecule has 3 aromatic carbocycles. The normalized spacial score (nSPS) is 11.3. The van der Waals surface area contributed by atoms with Gasteiger partial charge in [0.2, 0.25) is 5.82 Å². The first-order chi connectivity index (χ1) is 16.0. The summed E-state index contributed by atoms with van der Waals surface area (Å²) < 4.78 is 40.0. The number of anilines is 1. The quantitative estimate of drug-likeness (QED) is 0.339. The molecule has 7 nitrogen and oxygen atoms in total. The smallest absolute Gasteiger partial charge is 0.263 e. The Morgan fingerprint density at radius 2 is 1.42 bits per heavy atom. The molecule has 4 aromatic rings. The van der Waals surface area contributed by atoms with Crippen LogP contribution in [0.25, 0.3) is 11.0 Å². The average Bonchev–Trinajstić information content (AvgIpc) is 2.83. The largest absolute Gasteiger partial charge is 0.490 e. The molecule has 8 heteroatoms. The highest BCUT2D eigenvalue weighted by Gasteiger charge is 2.20. The number of nitrogens with one attached hydrogen (secondary N) is 1. The summed E-state index contributed by atoms with van der Waals surface area (Å²) in [4.78, 5) is 9.07. The summed E-state index contributed by atoms with van der Waals surface area (Å²) in [5.74, 6) is 0.848. The van der Waals surface area contributed by atoms with Gasteiger partial charge in [-0.15, -0.1) is 0 Å². The molecule has 1 aromatic heterocycles. The number of hydrogen-bond donors (Lipinski definition) is 1. The zero-order chi connectivity index (χ0) is 23.1. The first-order valence-electron chi connectivity index (χ1n) is 10.7. The topological polar surface area (TPSA) is 90.4 Å². The molecule has 170 valence electrons. The van der Waals surface area contributed by atoms with Gasteiger partial charge in [-0.1, -0.05) is 55.8 Å². The van der Waals surface area contributed by atoms with Crippen LogP contribution in [0.2, 0.25) is 0 Å². The molecule has 0 aliphatic heterocycles. The van der Waals surface area contributed by atoms with E-state index < -0.39 is 10.0 Å². The van der Waals surface area contributed by atoms with Crippen LogP contribution in [0.5, 0.6) is 11.6 Å². The molecule has 0 atom stereocenters. The van der Waals surface area contributed by atoms with Crippen LogP contribution < -0.4 is 14.2 Å². The predicted octanol–water partition coefficient (Wildman–Crippen LogP) is 4.84. The van der Waals surface area contributed by atoms with Crippen molar-refractivity contribution < 1.29 is 17.9 Å². The van der Waals surface area contributed by atoms with Gasteiger partial charge in [0.15, 0.2) is 0 Å². The lowest BCUT2D eigenvalue weighted by Gasteiger charge is -2.14. The number of hydrogen-bond acceptors (Lipinski definition) is 6. The van der Waals surface area contributed by atoms with Crippen molar-refractivity contribution in [3.63, 3.8) is 0 Å². The standard InChI is InChI=1S/C25H25N3O4S/c1-2-8-19-13-15-21(16-14-19)33(29,30)28-24-25(27-23-12-7-6-11-22(23)26-24)32-18-17-31-20-9-4-3-5-10-20/h3-7,9-16H,2,8,17-18H2,1H3,(H,26,28). The highest BCUT2D eigenvalue weighted by atomic mass is 32.2. The Bertz CT molecular complexity index is 1310. The first-order valence-corrected chi connectivity index (χ1v) is 12.2. The van der Waals surface area contributed by atoms with Crippen molar-refractivity contribution in [1.29, 1.82) is 0 Å². The molecule has 0 saturated heterocycles. The molecule has 4 rings (SSSR count). The fourth-order valence-corrected chi connectivity index (χ4v) is 4.28. The second-order valence-corrected chi connectivity index (χ2v) is 9.06. The number of benzene rings is 3. The summed E-state index contributed by atoms with van der Waals surface area (Å²) in [7, 11) is -3.87. The van der Waals surface area contributed by atoms with Crippen molar-refractivity contribution >= 4 is 26.9 Å². The lowest BCUT2D eigenvalue weighted by Crippen LogP contribution is -2.17. The van der Waals surface area contributed by atoms with Crippen LogP contribution in [-0.2, 0) is 16.4 Å². The number of aryl methyl sites for hydroxylation is 1. The van der Waals surface area contributed by atoms with Crippen molar-refractivity contribution in [3.05, 3.63) is 84.4 Å². The molecule has 1 heterocycles. The maximum Gasteiger partial charge on any atom is 0.263 e. The SMILES string of the molecule is CCCc1ccc(S(=O)(=O)Nc2nc3ccccc3nc2OCCOc2ccccc2)cc1. The summed E-state index contributed by atoms with van der Waals surface area (Å²) in [6, 6.07) is 23.4. The van der Waals surface area contributed by atoms with Gasteiger partial charge in [0, 0.05) is 0 Å². The van der Waals surface area contributed by atoms with E-state index in [1.165, 1.54) is 0 Å². The summed E-state index contributed by atoms with van der Waals surface area (Å²) in [5.41, 5.74) is 2.24. The van der Waals surface area contributed by atoms with E-state index in [1.807, 2.05) is 54.6 Å². The second kappa shape index (κ2) is 10.3. The molecule has 0 radical (unpaired) electrons. The lowest BCUT2D eigenvalue weighted by molar-refractivity contribution is 0.213. The zero-order valence-corrected chi connectivity index (χ0v) is 19.1. The number of ether oxygens (including phenoxy) is 2. The Morgan fingerprint density at radius 1 is 0.788 bits per heavy atom. The Hall–Kier alpha value is -3.65. The Morgan fingerprint density at radius 3 is 2.12 bits per heavy atom. The number of aromatic nitrogens is 2. The molecule has 0 amide bonds. The van der Waals surface area contributed by atoms with E-state index in [2.05, 4.69) is 21.6 Å². The fraction of sp³-hybridized carbons (Fsp3) is 0.200. The predicted molar refractivity (Wildman–Crippen MR) is 128 cm³/mol. The van der Waals surface area contributed by atoms with Crippen molar-refractivity contribution in [2.45, 2.75) is 24.7 Å². The molecule has 0 aliphatic carbocycles. The number of para-hydroxylation sites is 3. The highest BCUT2D eigenvalue weighted by molar-refractivity contribution is 7.92. The van der Waals surface area contributed by atoms with Crippen molar-refractivity contribution in [2.75, 3.05) is 17.9 Å². The van der Waals surface area contributed by atoms with Gasteiger partial charge >= 0.3 is 0 Å². The minimum Gasteiger partial charge on any atom is -0.490 e. The van der Waals surface area contributed by atoms with Crippen LogP contribution in [0.4, 0.5) is 5.82 Å². The molecule has 0 bridgehead atoms. The Labute approximate surface area is 193 Å². The molecule has 1 N–H and O–H groups in total. The van der Waals surface area contributed by atoms with Crippen molar-refractivity contribution in [1.82, 2.24) is 9.97 Å². The summed E-state index contributed by atoms with van der Waals surface area (Å²) in [6.07, 6.45) is 1.89. The molecular weight excluding hydrogens is 438 g/mol. The summed E-state index contributed by atoms with van der Waals surface area (Å²) in [6.45, 7) is 2.52. The van der Waals surface area contributed by atoms with E-state index in [0.29, 0.717) is 11.0 Å². The molecule has 0 fully saturated rings. The van der Waals surface area contributed by atoms with E-state index in [1.54, 1.807) is 24.3 Å². The maximum absolute atomic E-state index is 13.0. The third-order valence-corrected chi connectivity index (χ3v) is 6.23. The van der Waals surface area contributed by atoms with Crippen molar-refractivity contribution in [2.24, 2.45) is 0 Å². The monoisotopic (exact) mass is 463 g/mol. The van der Waals surface area contributed by atoms with Gasteiger partial charge < -0.3 is 9.47 Å². The minimum atomic E-state index is -3.87. The third kappa shape index (κ3) is 5.78. The fourth-order valence-electron chi connectivity index (χ4n) is 3.28. The first kappa shape index (κ1) is 22.5. The van der Waals surface area contributed by atoms with Gasteiger partial charge in [-0.25, -0.2) is 18.4 Å². The van der Waals surface area contributed by atoms with Crippen LogP contribution in [-0.4, -0.2) is 31.6 Å². The van der Waals surface area contributed by atoms with E-state index in [9.17, 15) is 8.42 Å². The average molecular weight is 464 g/mol. The van der Waals surface area contributed by atoms with E-state index in [4.69, 9.17) is 9.47 Å². The van der Waals surface area contributed by atoms with Gasteiger partial charge in [-0.3, -0.25) is 4.72 Å². The number of rotatable bonds is 10. The molecule has 0 aliphatic rings. The number of nitrogens with zero attached hydrogens (tertiary/aromatic N) is 2. The van der Waals surface area contributed by atoms with Gasteiger partial charge in [-0.05, 0) is 48.4 Å². The number of fused-ring (bicyclic) bond motifs is 1. The Kier molecular flexibility index (Phi) is 7.04.